The van der Waals surface area contributed by atoms with Crippen molar-refractivity contribution in [2.24, 2.45) is 5.41 Å². The van der Waals surface area contributed by atoms with Crippen LogP contribution in [0.4, 0.5) is 0 Å². The van der Waals surface area contributed by atoms with Crippen molar-refractivity contribution >= 4 is 23.6 Å². The molecular formula is C18H25N3O3S. The zero-order chi connectivity index (χ0) is 17.9. The number of aliphatic hydroxyl groups is 1. The van der Waals surface area contributed by atoms with E-state index in [9.17, 15) is 14.7 Å². The Bertz CT molecular complexity index is 617. The van der Waals surface area contributed by atoms with Gasteiger partial charge >= 0.3 is 0 Å². The summed E-state index contributed by atoms with van der Waals surface area (Å²) in [5, 5.41) is 10.4. The third-order valence-corrected chi connectivity index (χ3v) is 5.80. The lowest BCUT2D eigenvalue weighted by molar-refractivity contribution is -0.131. The van der Waals surface area contributed by atoms with Gasteiger partial charge in [0.2, 0.25) is 5.91 Å². The normalized spacial score (nSPS) is 22.9. The standard InChI is InChI=1S/C18H25N3O3S/c1-25-12-16(23)20-7-4-18(5-8-20)9-15(22)11-21(13-18)17(24)14-3-2-6-19-10-14/h2-3,6,10,15,22H,4-5,7-9,11-13H2,1H3. The lowest BCUT2D eigenvalue weighted by atomic mass is 9.71. The van der Waals surface area contributed by atoms with E-state index >= 15 is 0 Å². The molecule has 0 aromatic carbocycles. The SMILES string of the molecule is CSCC(=O)N1CCC2(CC1)CC(O)CN(C(=O)c1cccnc1)C2. The second-order valence-corrected chi connectivity index (χ2v) is 7.97. The van der Waals surface area contributed by atoms with Crippen LogP contribution in [0, 0.1) is 5.41 Å². The number of aliphatic hydroxyl groups excluding tert-OH is 1. The highest BCUT2D eigenvalue weighted by molar-refractivity contribution is 7.99. The van der Waals surface area contributed by atoms with E-state index < -0.39 is 6.10 Å². The molecule has 0 bridgehead atoms. The molecule has 1 aromatic rings. The number of piperidine rings is 2. The molecule has 0 radical (unpaired) electrons. The second kappa shape index (κ2) is 7.74. The molecule has 136 valence electrons. The van der Waals surface area contributed by atoms with Gasteiger partial charge in [-0.25, -0.2) is 0 Å². The predicted molar refractivity (Wildman–Crippen MR) is 97.4 cm³/mol. The van der Waals surface area contributed by atoms with E-state index in [1.54, 1.807) is 41.2 Å². The van der Waals surface area contributed by atoms with Crippen LogP contribution < -0.4 is 0 Å². The average molecular weight is 363 g/mol. The number of thioether (sulfide) groups is 1. The fourth-order valence-corrected chi connectivity index (χ4v) is 4.42. The maximum Gasteiger partial charge on any atom is 0.255 e. The summed E-state index contributed by atoms with van der Waals surface area (Å²) in [6.45, 7) is 2.43. The van der Waals surface area contributed by atoms with E-state index in [2.05, 4.69) is 4.98 Å². The Morgan fingerprint density at radius 2 is 2.12 bits per heavy atom. The first-order valence-electron chi connectivity index (χ1n) is 8.67. The molecule has 1 spiro atoms. The largest absolute Gasteiger partial charge is 0.391 e. The van der Waals surface area contributed by atoms with E-state index in [4.69, 9.17) is 0 Å². The number of amides is 2. The van der Waals surface area contributed by atoms with Crippen LogP contribution in [-0.2, 0) is 4.79 Å². The summed E-state index contributed by atoms with van der Waals surface area (Å²) in [6.07, 6.45) is 7.01. The monoisotopic (exact) mass is 363 g/mol. The smallest absolute Gasteiger partial charge is 0.255 e. The van der Waals surface area contributed by atoms with Crippen LogP contribution in [0.25, 0.3) is 0 Å². The number of carbonyl (C=O) groups excluding carboxylic acids is 2. The first-order chi connectivity index (χ1) is 12.0. The molecule has 7 heteroatoms. The molecule has 0 saturated carbocycles. The summed E-state index contributed by atoms with van der Waals surface area (Å²) in [4.78, 5) is 32.5. The molecule has 2 fully saturated rings. The summed E-state index contributed by atoms with van der Waals surface area (Å²) >= 11 is 1.54. The van der Waals surface area contributed by atoms with Gasteiger partial charge in [-0.05, 0) is 43.1 Å². The van der Waals surface area contributed by atoms with E-state index in [-0.39, 0.29) is 17.2 Å². The quantitative estimate of drug-likeness (QED) is 0.875. The lowest BCUT2D eigenvalue weighted by Crippen LogP contribution is -2.56. The van der Waals surface area contributed by atoms with Crippen LogP contribution in [0.1, 0.15) is 29.6 Å². The van der Waals surface area contributed by atoms with Crippen LogP contribution in [0.15, 0.2) is 24.5 Å². The van der Waals surface area contributed by atoms with Gasteiger partial charge in [-0.3, -0.25) is 14.6 Å². The maximum atomic E-state index is 12.7. The second-order valence-electron chi connectivity index (χ2n) is 7.10. The fraction of sp³-hybridized carbons (Fsp3) is 0.611. The Balaban J connectivity index is 1.67. The zero-order valence-corrected chi connectivity index (χ0v) is 15.4. The van der Waals surface area contributed by atoms with Gasteiger partial charge in [-0.2, -0.15) is 11.8 Å². The molecule has 2 aliphatic heterocycles. The molecule has 3 rings (SSSR count). The predicted octanol–water partition coefficient (Wildman–Crippen LogP) is 1.26. The van der Waals surface area contributed by atoms with E-state index in [0.717, 1.165) is 12.8 Å². The minimum atomic E-state index is -0.511. The average Bonchev–Trinajstić information content (AvgIpc) is 2.62. The van der Waals surface area contributed by atoms with E-state index in [1.807, 2.05) is 11.2 Å². The third-order valence-electron chi connectivity index (χ3n) is 5.27. The van der Waals surface area contributed by atoms with Gasteiger partial charge in [0.1, 0.15) is 0 Å². The number of nitrogens with zero attached hydrogens (tertiary/aromatic N) is 3. The molecule has 0 aliphatic carbocycles. The summed E-state index contributed by atoms with van der Waals surface area (Å²) in [5.41, 5.74) is 0.463. The minimum absolute atomic E-state index is 0.0767. The van der Waals surface area contributed by atoms with Gasteiger partial charge in [0.15, 0.2) is 0 Å². The van der Waals surface area contributed by atoms with Crippen molar-refractivity contribution in [3.8, 4) is 0 Å². The van der Waals surface area contributed by atoms with Crippen molar-refractivity contribution in [3.63, 3.8) is 0 Å². The first-order valence-corrected chi connectivity index (χ1v) is 10.1. The van der Waals surface area contributed by atoms with Gasteiger partial charge in [0, 0.05) is 38.6 Å². The Morgan fingerprint density at radius 1 is 1.36 bits per heavy atom. The summed E-state index contributed by atoms with van der Waals surface area (Å²) in [6, 6.07) is 3.51. The topological polar surface area (TPSA) is 73.7 Å². The zero-order valence-electron chi connectivity index (χ0n) is 14.6. The van der Waals surface area contributed by atoms with Crippen LogP contribution >= 0.6 is 11.8 Å². The van der Waals surface area contributed by atoms with Crippen LogP contribution in [0.3, 0.4) is 0 Å². The number of rotatable bonds is 3. The van der Waals surface area contributed by atoms with Gasteiger partial charge in [-0.15, -0.1) is 0 Å². The highest BCUT2D eigenvalue weighted by atomic mass is 32.2. The molecule has 1 aromatic heterocycles. The van der Waals surface area contributed by atoms with Crippen LogP contribution in [0.2, 0.25) is 0 Å². The Morgan fingerprint density at radius 3 is 2.76 bits per heavy atom. The van der Waals surface area contributed by atoms with Crippen molar-refractivity contribution < 1.29 is 14.7 Å². The van der Waals surface area contributed by atoms with Crippen LogP contribution in [0.5, 0.6) is 0 Å². The van der Waals surface area contributed by atoms with Crippen molar-refractivity contribution in [3.05, 3.63) is 30.1 Å². The Hall–Kier alpha value is -1.60. The number of hydrogen-bond donors (Lipinski definition) is 1. The van der Waals surface area contributed by atoms with Gasteiger partial charge in [0.25, 0.3) is 5.91 Å². The number of β-amino-alcohol motifs (C(OH)–C–C–N with tert-alkyl or cyclic N) is 1. The highest BCUT2D eigenvalue weighted by Crippen LogP contribution is 2.40. The fourth-order valence-electron chi connectivity index (χ4n) is 3.99. The Labute approximate surface area is 152 Å². The lowest BCUT2D eigenvalue weighted by Gasteiger charge is -2.49. The number of hydrogen-bond acceptors (Lipinski definition) is 5. The van der Waals surface area contributed by atoms with E-state index in [1.165, 1.54) is 0 Å². The molecule has 25 heavy (non-hydrogen) atoms. The minimum Gasteiger partial charge on any atom is -0.391 e. The molecule has 1 N–H and O–H groups in total. The molecule has 2 aliphatic rings. The van der Waals surface area contributed by atoms with Crippen molar-refractivity contribution in [2.45, 2.75) is 25.4 Å². The highest BCUT2D eigenvalue weighted by Gasteiger charge is 2.43. The first kappa shape index (κ1) is 18.2. The summed E-state index contributed by atoms with van der Waals surface area (Å²) < 4.78 is 0. The van der Waals surface area contributed by atoms with E-state index in [0.29, 0.717) is 43.9 Å². The molecule has 3 heterocycles. The van der Waals surface area contributed by atoms with Crippen LogP contribution in [-0.4, -0.2) is 76.0 Å². The van der Waals surface area contributed by atoms with Crippen molar-refractivity contribution in [1.29, 1.82) is 0 Å². The number of carbonyl (C=O) groups is 2. The molecule has 2 amide bonds. The Kier molecular flexibility index (Phi) is 5.64. The van der Waals surface area contributed by atoms with Gasteiger partial charge in [-0.1, -0.05) is 0 Å². The number of pyridine rings is 1. The van der Waals surface area contributed by atoms with Gasteiger partial charge < -0.3 is 14.9 Å². The van der Waals surface area contributed by atoms with Crippen molar-refractivity contribution in [1.82, 2.24) is 14.8 Å². The van der Waals surface area contributed by atoms with Crippen molar-refractivity contribution in [2.75, 3.05) is 38.2 Å². The number of likely N-dealkylation sites (tertiary alicyclic amines) is 2. The summed E-state index contributed by atoms with van der Waals surface area (Å²) in [7, 11) is 0. The maximum absolute atomic E-state index is 12.7. The summed E-state index contributed by atoms with van der Waals surface area (Å²) in [5.74, 6) is 0.621. The van der Waals surface area contributed by atoms with Gasteiger partial charge in [0.05, 0.1) is 17.4 Å². The molecule has 1 unspecified atom stereocenters. The molecule has 1 atom stereocenters. The third kappa shape index (κ3) is 4.15. The molecule has 6 nitrogen and oxygen atoms in total. The number of aromatic nitrogens is 1. The molecular weight excluding hydrogens is 338 g/mol. The molecule has 2 saturated heterocycles.